The standard InChI is InChI=1S/C9H12N2O3/c1-14-9(13)8-7(6-10-11-8)4-2-3-5-12/h2,4,6,12H,3,5H2,1H3,(H,10,11). The van der Waals surface area contributed by atoms with Crippen molar-refractivity contribution in [1.82, 2.24) is 10.2 Å². The summed E-state index contributed by atoms with van der Waals surface area (Å²) in [5.41, 5.74) is 0.979. The molecule has 0 saturated carbocycles. The van der Waals surface area contributed by atoms with Gasteiger partial charge in [0.15, 0.2) is 5.69 Å². The number of carbonyl (C=O) groups excluding carboxylic acids is 1. The highest BCUT2D eigenvalue weighted by Gasteiger charge is 2.11. The normalized spacial score (nSPS) is 10.7. The van der Waals surface area contributed by atoms with Gasteiger partial charge in [-0.05, 0) is 6.42 Å². The summed E-state index contributed by atoms with van der Waals surface area (Å²) in [6, 6.07) is 0. The fourth-order valence-electron chi connectivity index (χ4n) is 0.972. The Kier molecular flexibility index (Phi) is 3.87. The van der Waals surface area contributed by atoms with E-state index in [0.29, 0.717) is 17.7 Å². The van der Waals surface area contributed by atoms with E-state index in [1.165, 1.54) is 13.3 Å². The van der Waals surface area contributed by atoms with Crippen LogP contribution in [-0.4, -0.2) is 35.0 Å². The van der Waals surface area contributed by atoms with E-state index in [1.807, 2.05) is 0 Å². The van der Waals surface area contributed by atoms with Crippen molar-refractivity contribution in [2.45, 2.75) is 6.42 Å². The van der Waals surface area contributed by atoms with Crippen LogP contribution in [0, 0.1) is 0 Å². The number of nitrogens with one attached hydrogen (secondary N) is 1. The molecule has 76 valence electrons. The predicted octanol–water partition coefficient (Wildman–Crippen LogP) is 0.592. The number of esters is 1. The first kappa shape index (κ1) is 10.5. The molecular weight excluding hydrogens is 184 g/mol. The number of aromatic amines is 1. The van der Waals surface area contributed by atoms with Crippen LogP contribution in [0.1, 0.15) is 22.5 Å². The molecule has 5 nitrogen and oxygen atoms in total. The van der Waals surface area contributed by atoms with Gasteiger partial charge in [0, 0.05) is 12.2 Å². The molecular formula is C9H12N2O3. The quantitative estimate of drug-likeness (QED) is 0.691. The van der Waals surface area contributed by atoms with Crippen molar-refractivity contribution in [1.29, 1.82) is 0 Å². The van der Waals surface area contributed by atoms with Crippen molar-refractivity contribution in [3.63, 3.8) is 0 Å². The Balaban J connectivity index is 2.77. The molecule has 0 aliphatic carbocycles. The summed E-state index contributed by atoms with van der Waals surface area (Å²) >= 11 is 0. The van der Waals surface area contributed by atoms with Gasteiger partial charge < -0.3 is 9.84 Å². The van der Waals surface area contributed by atoms with Crippen LogP contribution in [0.2, 0.25) is 0 Å². The number of hydrogen-bond donors (Lipinski definition) is 2. The van der Waals surface area contributed by atoms with E-state index < -0.39 is 5.97 Å². The van der Waals surface area contributed by atoms with Crippen LogP contribution in [-0.2, 0) is 4.74 Å². The van der Waals surface area contributed by atoms with Crippen molar-refractivity contribution in [2.24, 2.45) is 0 Å². The topological polar surface area (TPSA) is 75.2 Å². The van der Waals surface area contributed by atoms with Crippen LogP contribution in [0.5, 0.6) is 0 Å². The molecule has 0 aliphatic heterocycles. The average molecular weight is 196 g/mol. The number of nitrogens with zero attached hydrogens (tertiary/aromatic N) is 1. The molecule has 0 amide bonds. The van der Waals surface area contributed by atoms with E-state index in [9.17, 15) is 4.79 Å². The Morgan fingerprint density at radius 3 is 3.21 bits per heavy atom. The number of hydrogen-bond acceptors (Lipinski definition) is 4. The summed E-state index contributed by atoms with van der Waals surface area (Å²) in [5.74, 6) is -0.453. The highest BCUT2D eigenvalue weighted by atomic mass is 16.5. The summed E-state index contributed by atoms with van der Waals surface area (Å²) in [6.07, 6.45) is 5.55. The lowest BCUT2D eigenvalue weighted by Crippen LogP contribution is -2.03. The van der Waals surface area contributed by atoms with Crippen LogP contribution < -0.4 is 0 Å². The van der Waals surface area contributed by atoms with E-state index in [0.717, 1.165) is 0 Å². The largest absolute Gasteiger partial charge is 0.464 e. The number of ether oxygens (including phenoxy) is 1. The van der Waals surface area contributed by atoms with Gasteiger partial charge in [-0.3, -0.25) is 5.10 Å². The lowest BCUT2D eigenvalue weighted by atomic mass is 10.2. The lowest BCUT2D eigenvalue weighted by Gasteiger charge is -1.95. The van der Waals surface area contributed by atoms with E-state index in [-0.39, 0.29) is 6.61 Å². The molecule has 5 heteroatoms. The molecule has 0 atom stereocenters. The zero-order chi connectivity index (χ0) is 10.4. The third-order valence-corrected chi connectivity index (χ3v) is 1.65. The zero-order valence-corrected chi connectivity index (χ0v) is 7.86. The van der Waals surface area contributed by atoms with Gasteiger partial charge in [0.25, 0.3) is 0 Å². The van der Waals surface area contributed by atoms with Crippen LogP contribution in [0.4, 0.5) is 0 Å². The maximum absolute atomic E-state index is 11.2. The van der Waals surface area contributed by atoms with E-state index in [2.05, 4.69) is 14.9 Å². The SMILES string of the molecule is COC(=O)c1[nH]ncc1C=CCCO. The molecule has 0 fully saturated rings. The number of methoxy groups -OCH3 is 1. The number of aliphatic hydroxyl groups excluding tert-OH is 1. The Morgan fingerprint density at radius 1 is 1.79 bits per heavy atom. The van der Waals surface area contributed by atoms with Gasteiger partial charge in [0.05, 0.1) is 13.3 Å². The second-order valence-corrected chi connectivity index (χ2v) is 2.61. The molecule has 1 rings (SSSR count). The first-order valence-electron chi connectivity index (χ1n) is 4.18. The Bertz CT molecular complexity index is 331. The summed E-state index contributed by atoms with van der Waals surface area (Å²) < 4.78 is 4.55. The summed E-state index contributed by atoms with van der Waals surface area (Å²) in [6.45, 7) is 0.0852. The van der Waals surface area contributed by atoms with Gasteiger partial charge in [-0.25, -0.2) is 4.79 Å². The molecule has 2 N–H and O–H groups in total. The minimum Gasteiger partial charge on any atom is -0.464 e. The molecule has 0 aliphatic rings. The van der Waals surface area contributed by atoms with E-state index in [1.54, 1.807) is 12.2 Å². The number of rotatable bonds is 4. The Morgan fingerprint density at radius 2 is 2.57 bits per heavy atom. The van der Waals surface area contributed by atoms with Crippen molar-refractivity contribution >= 4 is 12.0 Å². The van der Waals surface area contributed by atoms with Gasteiger partial charge in [0.2, 0.25) is 0 Å². The monoisotopic (exact) mass is 196 g/mol. The highest BCUT2D eigenvalue weighted by Crippen LogP contribution is 2.08. The predicted molar refractivity (Wildman–Crippen MR) is 50.7 cm³/mol. The minimum absolute atomic E-state index is 0.0852. The van der Waals surface area contributed by atoms with Gasteiger partial charge in [0.1, 0.15) is 0 Å². The third-order valence-electron chi connectivity index (χ3n) is 1.65. The van der Waals surface area contributed by atoms with E-state index >= 15 is 0 Å². The smallest absolute Gasteiger partial charge is 0.356 e. The molecule has 0 aromatic carbocycles. The van der Waals surface area contributed by atoms with Crippen LogP contribution in [0.25, 0.3) is 6.08 Å². The second-order valence-electron chi connectivity index (χ2n) is 2.61. The first-order valence-corrected chi connectivity index (χ1v) is 4.18. The maximum Gasteiger partial charge on any atom is 0.356 e. The molecule has 0 saturated heterocycles. The zero-order valence-electron chi connectivity index (χ0n) is 7.86. The molecule has 1 heterocycles. The number of H-pyrrole nitrogens is 1. The summed E-state index contributed by atoms with van der Waals surface area (Å²) in [7, 11) is 1.31. The molecule has 0 unspecified atom stereocenters. The molecule has 0 spiro atoms. The van der Waals surface area contributed by atoms with Gasteiger partial charge in [-0.2, -0.15) is 5.10 Å². The number of aliphatic hydroxyl groups is 1. The minimum atomic E-state index is -0.453. The van der Waals surface area contributed by atoms with E-state index in [4.69, 9.17) is 5.11 Å². The van der Waals surface area contributed by atoms with Crippen molar-refractivity contribution in [3.8, 4) is 0 Å². The van der Waals surface area contributed by atoms with Crippen molar-refractivity contribution in [2.75, 3.05) is 13.7 Å². The average Bonchev–Trinajstić information content (AvgIpc) is 2.65. The highest BCUT2D eigenvalue weighted by molar-refractivity contribution is 5.91. The van der Waals surface area contributed by atoms with Crippen LogP contribution >= 0.6 is 0 Å². The molecule has 0 radical (unpaired) electrons. The van der Waals surface area contributed by atoms with Gasteiger partial charge in [-0.1, -0.05) is 12.2 Å². The van der Waals surface area contributed by atoms with Gasteiger partial charge >= 0.3 is 5.97 Å². The third kappa shape index (κ3) is 2.43. The molecule has 1 aromatic heterocycles. The first-order chi connectivity index (χ1) is 6.79. The molecule has 1 aromatic rings. The second kappa shape index (κ2) is 5.18. The maximum atomic E-state index is 11.2. The van der Waals surface area contributed by atoms with Crippen molar-refractivity contribution in [3.05, 3.63) is 23.5 Å². The Labute approximate surface area is 81.4 Å². The summed E-state index contributed by atoms with van der Waals surface area (Å²) in [5, 5.41) is 14.8. The van der Waals surface area contributed by atoms with Crippen LogP contribution in [0.15, 0.2) is 12.3 Å². The molecule has 0 bridgehead atoms. The number of aromatic nitrogens is 2. The van der Waals surface area contributed by atoms with Crippen molar-refractivity contribution < 1.29 is 14.6 Å². The van der Waals surface area contributed by atoms with Crippen LogP contribution in [0.3, 0.4) is 0 Å². The Hall–Kier alpha value is -1.62. The summed E-state index contributed by atoms with van der Waals surface area (Å²) in [4.78, 5) is 11.2. The molecule has 14 heavy (non-hydrogen) atoms. The fraction of sp³-hybridized carbons (Fsp3) is 0.333. The fourth-order valence-corrected chi connectivity index (χ4v) is 0.972. The van der Waals surface area contributed by atoms with Gasteiger partial charge in [-0.15, -0.1) is 0 Å². The lowest BCUT2D eigenvalue weighted by molar-refractivity contribution is 0.0594. The number of carbonyl (C=O) groups is 1.